The Hall–Kier alpha value is -1.75. The lowest BCUT2D eigenvalue weighted by atomic mass is 9.92. The van der Waals surface area contributed by atoms with E-state index in [4.69, 9.17) is 19.0 Å². The molecule has 0 unspecified atom stereocenters. The summed E-state index contributed by atoms with van der Waals surface area (Å²) >= 11 is 0. The fourth-order valence-corrected chi connectivity index (χ4v) is 2.18. The molecule has 96 valence electrons. The molecule has 0 atom stereocenters. The average Bonchev–Trinajstić information content (AvgIpc) is 2.83. The van der Waals surface area contributed by atoms with E-state index in [1.807, 2.05) is 18.2 Å². The van der Waals surface area contributed by atoms with Gasteiger partial charge in [-0.05, 0) is 18.2 Å². The van der Waals surface area contributed by atoms with Crippen molar-refractivity contribution in [2.24, 2.45) is 5.16 Å². The minimum atomic E-state index is -0.220. The molecular formula is C13H15NO4. The van der Waals surface area contributed by atoms with E-state index < -0.39 is 0 Å². The first-order valence-corrected chi connectivity index (χ1v) is 5.81. The molecule has 0 aliphatic carbocycles. The van der Waals surface area contributed by atoms with E-state index in [2.05, 4.69) is 5.16 Å². The summed E-state index contributed by atoms with van der Waals surface area (Å²) in [4.78, 5) is 5.46. The van der Waals surface area contributed by atoms with Crippen LogP contribution >= 0.6 is 0 Å². The number of oxime groups is 1. The lowest BCUT2D eigenvalue weighted by molar-refractivity contribution is -0.194. The highest BCUT2D eigenvalue weighted by Crippen LogP contribution is 2.35. The lowest BCUT2D eigenvalue weighted by Crippen LogP contribution is -2.49. The summed E-state index contributed by atoms with van der Waals surface area (Å²) < 4.78 is 15.7. The summed E-state index contributed by atoms with van der Waals surface area (Å²) in [5.74, 6) is 1.41. The first kappa shape index (κ1) is 11.3. The molecule has 0 N–H and O–H groups in total. The molecule has 0 aromatic heterocycles. The van der Waals surface area contributed by atoms with Gasteiger partial charge in [-0.3, -0.25) is 0 Å². The molecule has 3 rings (SSSR count). The maximum Gasteiger partial charge on any atom is 0.189 e. The number of hydrogen-bond acceptors (Lipinski definition) is 5. The van der Waals surface area contributed by atoms with Crippen molar-refractivity contribution in [1.29, 1.82) is 0 Å². The standard InChI is InChI=1S/C13H15NO4/c1-15-11-4-3-9(5-12(11)16-2)10-6-13(18-14-10)7-17-8-13/h3-5H,6-8H2,1-2H3. The third-order valence-corrected chi connectivity index (χ3v) is 3.29. The summed E-state index contributed by atoms with van der Waals surface area (Å²) in [6.45, 7) is 1.24. The zero-order chi connectivity index (χ0) is 12.6. The van der Waals surface area contributed by atoms with E-state index in [9.17, 15) is 0 Å². The molecule has 5 heteroatoms. The number of nitrogens with zero attached hydrogens (tertiary/aromatic N) is 1. The molecule has 5 nitrogen and oxygen atoms in total. The highest BCUT2D eigenvalue weighted by molar-refractivity contribution is 6.02. The smallest absolute Gasteiger partial charge is 0.189 e. The molecule has 0 saturated carbocycles. The normalized spacial score (nSPS) is 20.0. The summed E-state index contributed by atoms with van der Waals surface area (Å²) in [5, 5.41) is 4.15. The van der Waals surface area contributed by atoms with Crippen LogP contribution in [-0.4, -0.2) is 38.7 Å². The van der Waals surface area contributed by atoms with E-state index in [-0.39, 0.29) is 5.60 Å². The first-order chi connectivity index (χ1) is 8.76. The highest BCUT2D eigenvalue weighted by atomic mass is 16.7. The van der Waals surface area contributed by atoms with Gasteiger partial charge in [0.1, 0.15) is 0 Å². The number of hydrogen-bond donors (Lipinski definition) is 0. The molecule has 2 heterocycles. The van der Waals surface area contributed by atoms with Gasteiger partial charge in [0.2, 0.25) is 0 Å². The third-order valence-electron chi connectivity index (χ3n) is 3.29. The fourth-order valence-electron chi connectivity index (χ4n) is 2.18. The van der Waals surface area contributed by atoms with E-state index in [0.29, 0.717) is 24.7 Å². The molecule has 2 aliphatic heterocycles. The van der Waals surface area contributed by atoms with Gasteiger partial charge in [-0.2, -0.15) is 0 Å². The summed E-state index contributed by atoms with van der Waals surface area (Å²) in [7, 11) is 3.24. The van der Waals surface area contributed by atoms with Crippen molar-refractivity contribution in [2.75, 3.05) is 27.4 Å². The van der Waals surface area contributed by atoms with E-state index in [1.54, 1.807) is 14.2 Å². The molecule has 1 aromatic carbocycles. The number of rotatable bonds is 3. The fraction of sp³-hybridized carbons (Fsp3) is 0.462. The van der Waals surface area contributed by atoms with Gasteiger partial charge < -0.3 is 19.0 Å². The minimum absolute atomic E-state index is 0.220. The van der Waals surface area contributed by atoms with Crippen molar-refractivity contribution in [3.8, 4) is 11.5 Å². The maximum absolute atomic E-state index is 5.46. The molecule has 1 saturated heterocycles. The third kappa shape index (κ3) is 1.71. The lowest BCUT2D eigenvalue weighted by Gasteiger charge is -2.34. The van der Waals surface area contributed by atoms with Gasteiger partial charge in [0.05, 0.1) is 33.1 Å². The van der Waals surface area contributed by atoms with E-state index in [0.717, 1.165) is 17.7 Å². The number of methoxy groups -OCH3 is 2. The van der Waals surface area contributed by atoms with E-state index >= 15 is 0 Å². The highest BCUT2D eigenvalue weighted by Gasteiger charge is 2.46. The Morgan fingerprint density at radius 1 is 1.17 bits per heavy atom. The van der Waals surface area contributed by atoms with Crippen molar-refractivity contribution in [2.45, 2.75) is 12.0 Å². The Balaban J connectivity index is 1.84. The van der Waals surface area contributed by atoms with Gasteiger partial charge in [-0.15, -0.1) is 0 Å². The summed E-state index contributed by atoms with van der Waals surface area (Å²) in [5.41, 5.74) is 1.71. The summed E-state index contributed by atoms with van der Waals surface area (Å²) in [6, 6.07) is 5.75. The monoisotopic (exact) mass is 249 g/mol. The number of ether oxygens (including phenoxy) is 3. The van der Waals surface area contributed by atoms with Gasteiger partial charge >= 0.3 is 0 Å². The van der Waals surface area contributed by atoms with Crippen LogP contribution in [0, 0.1) is 0 Å². The molecular weight excluding hydrogens is 234 g/mol. The van der Waals surface area contributed by atoms with Crippen molar-refractivity contribution in [3.63, 3.8) is 0 Å². The van der Waals surface area contributed by atoms with Crippen molar-refractivity contribution >= 4 is 5.71 Å². The van der Waals surface area contributed by atoms with Crippen LogP contribution in [0.2, 0.25) is 0 Å². The topological polar surface area (TPSA) is 49.3 Å². The Bertz CT molecular complexity index is 494. The van der Waals surface area contributed by atoms with Gasteiger partial charge in [0.15, 0.2) is 17.1 Å². The van der Waals surface area contributed by atoms with Crippen molar-refractivity contribution < 1.29 is 19.0 Å². The number of benzene rings is 1. The second kappa shape index (κ2) is 4.17. The van der Waals surface area contributed by atoms with Gasteiger partial charge in [0, 0.05) is 12.0 Å². The quantitative estimate of drug-likeness (QED) is 0.816. The van der Waals surface area contributed by atoms with Crippen LogP contribution in [0.1, 0.15) is 12.0 Å². The van der Waals surface area contributed by atoms with Crippen LogP contribution in [-0.2, 0) is 9.57 Å². The second-order valence-electron chi connectivity index (χ2n) is 4.55. The predicted molar refractivity (Wildman–Crippen MR) is 65.3 cm³/mol. The Morgan fingerprint density at radius 3 is 2.50 bits per heavy atom. The van der Waals surface area contributed by atoms with Crippen LogP contribution in [0.15, 0.2) is 23.4 Å². The minimum Gasteiger partial charge on any atom is -0.493 e. The van der Waals surface area contributed by atoms with Crippen LogP contribution in [0.3, 0.4) is 0 Å². The molecule has 1 spiro atoms. The van der Waals surface area contributed by atoms with Crippen LogP contribution in [0.25, 0.3) is 0 Å². The van der Waals surface area contributed by atoms with Crippen LogP contribution < -0.4 is 9.47 Å². The molecule has 1 aromatic rings. The second-order valence-corrected chi connectivity index (χ2v) is 4.55. The SMILES string of the molecule is COc1ccc(C2=NOC3(COC3)C2)cc1OC. The van der Waals surface area contributed by atoms with Crippen LogP contribution in [0.5, 0.6) is 11.5 Å². The summed E-state index contributed by atoms with van der Waals surface area (Å²) in [6.07, 6.45) is 0.780. The maximum atomic E-state index is 5.46. The van der Waals surface area contributed by atoms with Gasteiger partial charge in [0.25, 0.3) is 0 Å². The largest absolute Gasteiger partial charge is 0.493 e. The van der Waals surface area contributed by atoms with Gasteiger partial charge in [-0.25, -0.2) is 0 Å². The first-order valence-electron chi connectivity index (χ1n) is 5.81. The van der Waals surface area contributed by atoms with Crippen molar-refractivity contribution in [1.82, 2.24) is 0 Å². The van der Waals surface area contributed by atoms with Crippen molar-refractivity contribution in [3.05, 3.63) is 23.8 Å². The van der Waals surface area contributed by atoms with Gasteiger partial charge in [-0.1, -0.05) is 5.16 Å². The molecule has 0 radical (unpaired) electrons. The Labute approximate surface area is 105 Å². The Kier molecular flexibility index (Phi) is 2.63. The molecule has 0 amide bonds. The molecule has 0 bridgehead atoms. The van der Waals surface area contributed by atoms with E-state index in [1.165, 1.54) is 0 Å². The molecule has 2 aliphatic rings. The molecule has 1 fully saturated rings. The predicted octanol–water partition coefficient (Wildman–Crippen LogP) is 1.60. The Morgan fingerprint density at radius 2 is 1.94 bits per heavy atom. The zero-order valence-corrected chi connectivity index (χ0v) is 10.4. The average molecular weight is 249 g/mol. The zero-order valence-electron chi connectivity index (χ0n) is 10.4. The van der Waals surface area contributed by atoms with Crippen LogP contribution in [0.4, 0.5) is 0 Å². The molecule has 18 heavy (non-hydrogen) atoms.